The van der Waals surface area contributed by atoms with Gasteiger partial charge in [-0.05, 0) is 65.1 Å². The molecule has 2 bridgehead atoms. The highest BCUT2D eigenvalue weighted by Crippen LogP contribution is 2.60. The third-order valence-electron chi connectivity index (χ3n) is 5.07. The summed E-state index contributed by atoms with van der Waals surface area (Å²) in [7, 11) is 0. The minimum Gasteiger partial charge on any atom is -0.274 e. The molecule has 1 saturated heterocycles. The first-order valence-electron chi connectivity index (χ1n) is 6.92. The number of halogens is 3. The van der Waals surface area contributed by atoms with Gasteiger partial charge in [0.2, 0.25) is 11.8 Å². The van der Waals surface area contributed by atoms with Crippen molar-refractivity contribution in [3.63, 3.8) is 0 Å². The van der Waals surface area contributed by atoms with Crippen molar-refractivity contribution in [2.75, 3.05) is 4.90 Å². The Bertz CT molecular complexity index is 603. The molecule has 1 heterocycles. The summed E-state index contributed by atoms with van der Waals surface area (Å²) in [5.41, 5.74) is 0.705. The van der Waals surface area contributed by atoms with Gasteiger partial charge >= 0.3 is 0 Å². The lowest BCUT2D eigenvalue weighted by atomic mass is 9.81. The average Bonchev–Trinajstić information content (AvgIpc) is 3.06. The zero-order chi connectivity index (χ0) is 14.9. The average molecular weight is 525 g/mol. The van der Waals surface area contributed by atoms with E-state index < -0.39 is 0 Å². The summed E-state index contributed by atoms with van der Waals surface area (Å²) in [6.07, 6.45) is 0.971. The molecule has 4 rings (SSSR count). The molecule has 0 unspecified atom stereocenters. The van der Waals surface area contributed by atoms with E-state index in [9.17, 15) is 9.59 Å². The number of hydrogen-bond acceptors (Lipinski definition) is 2. The molecule has 21 heavy (non-hydrogen) atoms. The van der Waals surface area contributed by atoms with E-state index in [1.807, 2.05) is 24.3 Å². The summed E-state index contributed by atoms with van der Waals surface area (Å²) in [6, 6.07) is 7.58. The molecule has 110 valence electrons. The zero-order valence-electron chi connectivity index (χ0n) is 10.9. The van der Waals surface area contributed by atoms with Crippen LogP contribution in [0.1, 0.15) is 6.42 Å². The quantitative estimate of drug-likeness (QED) is 0.320. The minimum atomic E-state index is -0.139. The molecule has 6 heteroatoms. The first kappa shape index (κ1) is 14.6. The fraction of sp³-hybridized carbons (Fsp3) is 0.467. The van der Waals surface area contributed by atoms with Gasteiger partial charge in [-0.1, -0.05) is 31.9 Å². The Balaban J connectivity index is 1.73. The monoisotopic (exact) mass is 523 g/mol. The molecular formula is C15H12Br2INO2. The van der Waals surface area contributed by atoms with E-state index in [0.29, 0.717) is 5.69 Å². The van der Waals surface area contributed by atoms with E-state index in [1.165, 1.54) is 4.90 Å². The van der Waals surface area contributed by atoms with Gasteiger partial charge < -0.3 is 0 Å². The number of fused-ring (bicyclic) bond motifs is 5. The van der Waals surface area contributed by atoms with Gasteiger partial charge in [0.25, 0.3) is 0 Å². The molecule has 2 aliphatic carbocycles. The summed E-state index contributed by atoms with van der Waals surface area (Å²) < 4.78 is 1.09. The second-order valence-electron chi connectivity index (χ2n) is 5.99. The van der Waals surface area contributed by atoms with Crippen molar-refractivity contribution >= 4 is 72.0 Å². The van der Waals surface area contributed by atoms with Gasteiger partial charge in [0.15, 0.2) is 0 Å². The number of amides is 2. The number of carbonyl (C=O) groups excluding carboxylic acids is 2. The number of benzene rings is 1. The van der Waals surface area contributed by atoms with Crippen LogP contribution in [0.15, 0.2) is 24.3 Å². The van der Waals surface area contributed by atoms with Crippen LogP contribution in [0.2, 0.25) is 0 Å². The standard InChI is InChI=1S/C15H12Br2INO2/c16-12-8-5-9(13(12)17)11-10(8)14(20)19(15(11)21)7-3-1-6(18)2-4-7/h1-4,8-13H,5H2/t8-,9-,10-,11-,12-,13+/m1/s1. The summed E-state index contributed by atoms with van der Waals surface area (Å²) >= 11 is 9.62. The van der Waals surface area contributed by atoms with E-state index in [4.69, 9.17) is 0 Å². The highest BCUT2D eigenvalue weighted by atomic mass is 127. The normalized spacial score (nSPS) is 41.0. The number of nitrogens with zero attached hydrogens (tertiary/aromatic N) is 1. The van der Waals surface area contributed by atoms with Crippen LogP contribution < -0.4 is 4.90 Å². The summed E-state index contributed by atoms with van der Waals surface area (Å²) in [5, 5.41) is 0. The van der Waals surface area contributed by atoms with Gasteiger partial charge in [-0.2, -0.15) is 0 Å². The lowest BCUT2D eigenvalue weighted by Gasteiger charge is -2.28. The molecule has 1 aliphatic heterocycles. The second-order valence-corrected chi connectivity index (χ2v) is 9.35. The van der Waals surface area contributed by atoms with Gasteiger partial charge in [-0.15, -0.1) is 0 Å². The number of hydrogen-bond donors (Lipinski definition) is 0. The van der Waals surface area contributed by atoms with Crippen LogP contribution in [-0.4, -0.2) is 21.5 Å². The maximum atomic E-state index is 12.8. The molecule has 2 amide bonds. The van der Waals surface area contributed by atoms with Crippen molar-refractivity contribution in [3.05, 3.63) is 27.8 Å². The Morgan fingerprint density at radius 1 is 0.952 bits per heavy atom. The number of rotatable bonds is 1. The lowest BCUT2D eigenvalue weighted by Crippen LogP contribution is -2.37. The summed E-state index contributed by atoms with van der Waals surface area (Å²) in [5.74, 6) is 0.245. The Morgan fingerprint density at radius 3 is 1.90 bits per heavy atom. The van der Waals surface area contributed by atoms with E-state index in [0.717, 1.165) is 9.99 Å². The van der Waals surface area contributed by atoms with Crippen LogP contribution in [0.3, 0.4) is 0 Å². The van der Waals surface area contributed by atoms with Crippen LogP contribution >= 0.6 is 54.5 Å². The first-order chi connectivity index (χ1) is 10.0. The predicted molar refractivity (Wildman–Crippen MR) is 95.7 cm³/mol. The largest absolute Gasteiger partial charge is 0.274 e. The molecule has 3 aliphatic rings. The lowest BCUT2D eigenvalue weighted by molar-refractivity contribution is -0.123. The van der Waals surface area contributed by atoms with Crippen LogP contribution in [0.25, 0.3) is 0 Å². The van der Waals surface area contributed by atoms with Gasteiger partial charge in [0, 0.05) is 13.2 Å². The maximum absolute atomic E-state index is 12.8. The fourth-order valence-corrected chi connectivity index (χ4v) is 6.43. The number of carbonyl (C=O) groups is 2. The third-order valence-corrected chi connectivity index (χ3v) is 9.00. The molecular weight excluding hydrogens is 513 g/mol. The number of anilines is 1. The smallest absolute Gasteiger partial charge is 0.238 e. The molecule has 0 N–H and O–H groups in total. The van der Waals surface area contributed by atoms with Crippen molar-refractivity contribution in [2.24, 2.45) is 23.7 Å². The molecule has 1 aromatic rings. The summed E-state index contributed by atoms with van der Waals surface area (Å²) in [6.45, 7) is 0. The van der Waals surface area contributed by atoms with Crippen LogP contribution in [0.4, 0.5) is 5.69 Å². The minimum absolute atomic E-state index is 0.0115. The molecule has 3 nitrogen and oxygen atoms in total. The van der Waals surface area contributed by atoms with Crippen molar-refractivity contribution in [3.8, 4) is 0 Å². The van der Waals surface area contributed by atoms with Crippen molar-refractivity contribution < 1.29 is 9.59 Å². The Morgan fingerprint density at radius 2 is 1.43 bits per heavy atom. The molecule has 0 aromatic heterocycles. The predicted octanol–water partition coefficient (Wildman–Crippen LogP) is 3.57. The molecule has 2 saturated carbocycles. The number of alkyl halides is 2. The van der Waals surface area contributed by atoms with Gasteiger partial charge in [-0.25, -0.2) is 0 Å². The highest BCUT2D eigenvalue weighted by molar-refractivity contribution is 14.1. The molecule has 3 fully saturated rings. The molecule has 1 aromatic carbocycles. The van der Waals surface area contributed by atoms with E-state index in [2.05, 4.69) is 54.5 Å². The maximum Gasteiger partial charge on any atom is 0.238 e. The third kappa shape index (κ3) is 1.94. The van der Waals surface area contributed by atoms with Crippen LogP contribution in [0, 0.1) is 27.2 Å². The SMILES string of the molecule is O=C1[C@@H]2[C@H]3C[C@@H]([C@@H](Br)[C@H]3Br)[C@H]2C(=O)N1c1ccc(I)cc1. The van der Waals surface area contributed by atoms with Crippen molar-refractivity contribution in [1.29, 1.82) is 0 Å². The number of imide groups is 1. The molecule has 6 atom stereocenters. The topological polar surface area (TPSA) is 37.4 Å². The fourth-order valence-electron chi connectivity index (χ4n) is 4.19. The van der Waals surface area contributed by atoms with Crippen LogP contribution in [0.5, 0.6) is 0 Å². The second kappa shape index (κ2) is 5.03. The van der Waals surface area contributed by atoms with E-state index in [-0.39, 0.29) is 45.1 Å². The van der Waals surface area contributed by atoms with E-state index in [1.54, 1.807) is 0 Å². The molecule has 0 radical (unpaired) electrons. The van der Waals surface area contributed by atoms with Gasteiger partial charge in [0.1, 0.15) is 0 Å². The Labute approximate surface area is 153 Å². The van der Waals surface area contributed by atoms with Crippen LogP contribution in [-0.2, 0) is 9.59 Å². The van der Waals surface area contributed by atoms with Gasteiger partial charge in [-0.3, -0.25) is 14.5 Å². The van der Waals surface area contributed by atoms with Crippen molar-refractivity contribution in [1.82, 2.24) is 0 Å². The first-order valence-corrected chi connectivity index (χ1v) is 9.83. The molecule has 0 spiro atoms. The summed E-state index contributed by atoms with van der Waals surface area (Å²) in [4.78, 5) is 27.6. The Hall–Kier alpha value is 0.0500. The van der Waals surface area contributed by atoms with Crippen molar-refractivity contribution in [2.45, 2.75) is 16.1 Å². The van der Waals surface area contributed by atoms with Gasteiger partial charge in [0.05, 0.1) is 17.5 Å². The Kier molecular flexibility index (Phi) is 3.50. The highest BCUT2D eigenvalue weighted by Gasteiger charge is 2.66. The zero-order valence-corrected chi connectivity index (χ0v) is 16.2. The van der Waals surface area contributed by atoms with E-state index >= 15 is 0 Å².